The van der Waals surface area contributed by atoms with Crippen LogP contribution in [0.4, 0.5) is 10.1 Å². The highest BCUT2D eigenvalue weighted by atomic mass is 19.1. The number of nitrogens with one attached hydrogen (secondary N) is 1. The summed E-state index contributed by atoms with van der Waals surface area (Å²) in [6.45, 7) is 1.64. The number of hydrogen-bond donors (Lipinski definition) is 2. The first-order chi connectivity index (χ1) is 8.97. The molecule has 0 aliphatic rings. The molecule has 0 aliphatic carbocycles. The van der Waals surface area contributed by atoms with Crippen LogP contribution in [0.3, 0.4) is 0 Å². The Bertz CT molecular complexity index is 651. The van der Waals surface area contributed by atoms with E-state index in [1.54, 1.807) is 6.92 Å². The van der Waals surface area contributed by atoms with Crippen molar-refractivity contribution in [3.63, 3.8) is 0 Å². The molecule has 0 radical (unpaired) electrons. The zero-order chi connectivity index (χ0) is 14.0. The van der Waals surface area contributed by atoms with E-state index in [9.17, 15) is 14.0 Å². The second-order valence-electron chi connectivity index (χ2n) is 3.78. The average molecular weight is 264 g/mol. The van der Waals surface area contributed by atoms with E-state index in [0.29, 0.717) is 5.69 Å². The molecule has 0 unspecified atom stereocenters. The van der Waals surface area contributed by atoms with Gasteiger partial charge in [0.1, 0.15) is 5.82 Å². The van der Waals surface area contributed by atoms with Crippen molar-refractivity contribution >= 4 is 17.6 Å². The minimum Gasteiger partial charge on any atom is -0.478 e. The van der Waals surface area contributed by atoms with Gasteiger partial charge in [-0.25, -0.2) is 9.18 Å². The Balaban J connectivity index is 2.28. The number of rotatable bonds is 3. The smallest absolute Gasteiger partial charge is 0.337 e. The number of hydrogen-bond acceptors (Lipinski definition) is 4. The third-order valence-electron chi connectivity index (χ3n) is 2.31. The number of nitrogens with zero attached hydrogens (tertiary/aromatic N) is 1. The summed E-state index contributed by atoms with van der Waals surface area (Å²) in [5.41, 5.74) is 0.153. The molecule has 0 bridgehead atoms. The van der Waals surface area contributed by atoms with Crippen LogP contribution in [0.25, 0.3) is 0 Å². The number of carbonyl (C=O) groups is 2. The van der Waals surface area contributed by atoms with Crippen LogP contribution in [0.2, 0.25) is 0 Å². The number of halogens is 1. The second-order valence-corrected chi connectivity index (χ2v) is 3.78. The number of carboxylic acid groups (broad SMARTS) is 1. The van der Waals surface area contributed by atoms with Gasteiger partial charge in [0.25, 0.3) is 5.91 Å². The van der Waals surface area contributed by atoms with Crippen molar-refractivity contribution in [2.75, 3.05) is 5.32 Å². The fourth-order valence-corrected chi connectivity index (χ4v) is 1.46. The van der Waals surface area contributed by atoms with Gasteiger partial charge in [0.2, 0.25) is 5.76 Å². The Kier molecular flexibility index (Phi) is 3.28. The molecule has 0 fully saturated rings. The maximum atomic E-state index is 13.0. The van der Waals surface area contributed by atoms with Gasteiger partial charge in [0.05, 0.1) is 16.9 Å². The van der Waals surface area contributed by atoms with Crippen LogP contribution in [0.1, 0.15) is 26.6 Å². The summed E-state index contributed by atoms with van der Waals surface area (Å²) in [5, 5.41) is 14.8. The number of aromatic nitrogens is 1. The summed E-state index contributed by atoms with van der Waals surface area (Å²) >= 11 is 0. The highest BCUT2D eigenvalue weighted by Gasteiger charge is 2.17. The molecule has 0 spiro atoms. The SMILES string of the molecule is Cc1cc(C(=O)Nc2ccc(F)cc2C(=O)O)on1. The molecule has 2 rings (SSSR count). The third kappa shape index (κ3) is 2.76. The standard InChI is InChI=1S/C12H9FN2O4/c1-6-4-10(19-15-6)11(16)14-9-3-2-7(13)5-8(9)12(17)18/h2-5H,1H3,(H,14,16)(H,17,18). The van der Waals surface area contributed by atoms with Crippen LogP contribution < -0.4 is 5.32 Å². The van der Waals surface area contributed by atoms with Crippen LogP contribution in [0, 0.1) is 12.7 Å². The zero-order valence-electron chi connectivity index (χ0n) is 9.81. The summed E-state index contributed by atoms with van der Waals surface area (Å²) in [7, 11) is 0. The number of aryl methyl sites for hydroxylation is 1. The van der Waals surface area contributed by atoms with Gasteiger partial charge in [0.15, 0.2) is 0 Å². The molecule has 2 N–H and O–H groups in total. The zero-order valence-corrected chi connectivity index (χ0v) is 9.81. The molecule has 98 valence electrons. The monoisotopic (exact) mass is 264 g/mol. The van der Waals surface area contributed by atoms with E-state index in [-0.39, 0.29) is 17.0 Å². The van der Waals surface area contributed by atoms with E-state index in [1.165, 1.54) is 12.1 Å². The average Bonchev–Trinajstić information content (AvgIpc) is 2.78. The molecule has 0 atom stereocenters. The van der Waals surface area contributed by atoms with Gasteiger partial charge >= 0.3 is 5.97 Å². The quantitative estimate of drug-likeness (QED) is 0.885. The van der Waals surface area contributed by atoms with Crippen LogP contribution in [0.5, 0.6) is 0 Å². The van der Waals surface area contributed by atoms with Crippen molar-refractivity contribution in [1.29, 1.82) is 0 Å². The molecule has 1 aromatic carbocycles. The molecule has 1 aromatic heterocycles. The van der Waals surface area contributed by atoms with Gasteiger partial charge in [-0.1, -0.05) is 5.16 Å². The number of amides is 1. The lowest BCUT2D eigenvalue weighted by Crippen LogP contribution is -2.14. The predicted octanol–water partition coefficient (Wildman–Crippen LogP) is 2.07. The first-order valence-electron chi connectivity index (χ1n) is 5.25. The highest BCUT2D eigenvalue weighted by Crippen LogP contribution is 2.18. The summed E-state index contributed by atoms with van der Waals surface area (Å²) in [6, 6.07) is 4.44. The Hall–Kier alpha value is -2.70. The fraction of sp³-hybridized carbons (Fsp3) is 0.0833. The van der Waals surface area contributed by atoms with Crippen LogP contribution in [-0.2, 0) is 0 Å². The lowest BCUT2D eigenvalue weighted by Gasteiger charge is -2.06. The summed E-state index contributed by atoms with van der Waals surface area (Å²) in [5.74, 6) is -2.76. The van der Waals surface area contributed by atoms with E-state index in [4.69, 9.17) is 9.63 Å². The molecule has 1 amide bonds. The first-order valence-corrected chi connectivity index (χ1v) is 5.25. The van der Waals surface area contributed by atoms with E-state index in [1.807, 2.05) is 0 Å². The van der Waals surface area contributed by atoms with Gasteiger partial charge in [-0.3, -0.25) is 4.79 Å². The van der Waals surface area contributed by atoms with Gasteiger partial charge in [-0.05, 0) is 25.1 Å². The van der Waals surface area contributed by atoms with E-state index in [2.05, 4.69) is 10.5 Å². The maximum absolute atomic E-state index is 13.0. The van der Waals surface area contributed by atoms with Crippen molar-refractivity contribution in [1.82, 2.24) is 5.16 Å². The van der Waals surface area contributed by atoms with Crippen molar-refractivity contribution in [2.24, 2.45) is 0 Å². The van der Waals surface area contributed by atoms with Crippen molar-refractivity contribution < 1.29 is 23.6 Å². The predicted molar refractivity (Wildman–Crippen MR) is 62.6 cm³/mol. The van der Waals surface area contributed by atoms with E-state index >= 15 is 0 Å². The van der Waals surface area contributed by atoms with Gasteiger partial charge in [-0.15, -0.1) is 0 Å². The first kappa shape index (κ1) is 12.7. The van der Waals surface area contributed by atoms with E-state index < -0.39 is 17.7 Å². The fourth-order valence-electron chi connectivity index (χ4n) is 1.46. The Labute approximate surface area is 106 Å². The molecule has 0 aliphatic heterocycles. The van der Waals surface area contributed by atoms with Crippen LogP contribution in [-0.4, -0.2) is 22.1 Å². The van der Waals surface area contributed by atoms with Crippen LogP contribution in [0.15, 0.2) is 28.8 Å². The molecule has 19 heavy (non-hydrogen) atoms. The van der Waals surface area contributed by atoms with Crippen molar-refractivity contribution in [2.45, 2.75) is 6.92 Å². The largest absolute Gasteiger partial charge is 0.478 e. The molecule has 1 heterocycles. The number of benzene rings is 1. The van der Waals surface area contributed by atoms with E-state index in [0.717, 1.165) is 12.1 Å². The lowest BCUT2D eigenvalue weighted by atomic mass is 10.1. The van der Waals surface area contributed by atoms with Gasteiger partial charge in [0, 0.05) is 6.07 Å². The lowest BCUT2D eigenvalue weighted by molar-refractivity contribution is 0.0697. The number of anilines is 1. The normalized spacial score (nSPS) is 10.2. The van der Waals surface area contributed by atoms with Crippen LogP contribution >= 0.6 is 0 Å². The number of carboxylic acids is 1. The maximum Gasteiger partial charge on any atom is 0.337 e. The third-order valence-corrected chi connectivity index (χ3v) is 2.31. The molecule has 6 nitrogen and oxygen atoms in total. The number of aromatic carboxylic acids is 1. The molecule has 2 aromatic rings. The van der Waals surface area contributed by atoms with Gasteiger partial charge < -0.3 is 14.9 Å². The summed E-state index contributed by atoms with van der Waals surface area (Å²) in [4.78, 5) is 22.7. The summed E-state index contributed by atoms with van der Waals surface area (Å²) < 4.78 is 17.7. The molecule has 0 saturated heterocycles. The minimum atomic E-state index is -1.34. The Morgan fingerprint density at radius 2 is 2.11 bits per heavy atom. The Morgan fingerprint density at radius 3 is 2.68 bits per heavy atom. The summed E-state index contributed by atoms with van der Waals surface area (Å²) in [6.07, 6.45) is 0. The molecule has 7 heteroatoms. The molecular weight excluding hydrogens is 255 g/mol. The van der Waals surface area contributed by atoms with Gasteiger partial charge in [-0.2, -0.15) is 0 Å². The minimum absolute atomic E-state index is 0.0204. The second kappa shape index (κ2) is 4.89. The highest BCUT2D eigenvalue weighted by molar-refractivity contribution is 6.06. The number of carbonyl (C=O) groups excluding carboxylic acids is 1. The topological polar surface area (TPSA) is 92.4 Å². The van der Waals surface area contributed by atoms with Crippen molar-refractivity contribution in [3.05, 3.63) is 47.1 Å². The molecular formula is C12H9FN2O4. The molecule has 0 saturated carbocycles. The Morgan fingerprint density at radius 1 is 1.37 bits per heavy atom. The van der Waals surface area contributed by atoms with Crippen molar-refractivity contribution in [3.8, 4) is 0 Å².